The fourth-order valence-corrected chi connectivity index (χ4v) is 2.55. The van der Waals surface area contributed by atoms with Gasteiger partial charge in [0.1, 0.15) is 5.75 Å². The zero-order valence-electron chi connectivity index (χ0n) is 11.6. The van der Waals surface area contributed by atoms with E-state index in [0.29, 0.717) is 23.0 Å². The molecule has 3 aromatic rings. The highest BCUT2D eigenvalue weighted by molar-refractivity contribution is 7.08. The minimum atomic E-state index is -0.441. The molecule has 0 amide bonds. The Morgan fingerprint density at radius 2 is 2.27 bits per heavy atom. The van der Waals surface area contributed by atoms with Crippen molar-refractivity contribution in [1.29, 1.82) is 0 Å². The van der Waals surface area contributed by atoms with Crippen LogP contribution in [0.1, 0.15) is 11.5 Å². The van der Waals surface area contributed by atoms with Crippen LogP contribution in [0.3, 0.4) is 0 Å². The summed E-state index contributed by atoms with van der Waals surface area (Å²) in [4.78, 5) is 14.7. The van der Waals surface area contributed by atoms with E-state index in [1.807, 2.05) is 16.8 Å². The number of nitro benzene ring substituents is 1. The first kappa shape index (κ1) is 14.2. The van der Waals surface area contributed by atoms with Crippen molar-refractivity contribution in [3.05, 3.63) is 56.6 Å². The number of rotatable bonds is 5. The van der Waals surface area contributed by atoms with Gasteiger partial charge in [-0.2, -0.15) is 16.3 Å². The first-order valence-electron chi connectivity index (χ1n) is 6.37. The minimum absolute atomic E-state index is 0.0157. The second-order valence-electron chi connectivity index (χ2n) is 4.47. The van der Waals surface area contributed by atoms with E-state index in [1.165, 1.54) is 6.07 Å². The highest BCUT2D eigenvalue weighted by atomic mass is 32.1. The Morgan fingerprint density at radius 3 is 3.00 bits per heavy atom. The van der Waals surface area contributed by atoms with Crippen LogP contribution < -0.4 is 4.74 Å². The topological polar surface area (TPSA) is 91.3 Å². The van der Waals surface area contributed by atoms with E-state index in [0.717, 1.165) is 5.56 Å². The Balaban J connectivity index is 1.73. The SMILES string of the molecule is Cc1c(OCc2nc(-c3ccsc3)no2)cccc1[N+](=O)[O-]. The van der Waals surface area contributed by atoms with Crippen molar-refractivity contribution in [2.24, 2.45) is 0 Å². The molecule has 0 aliphatic rings. The predicted molar refractivity (Wildman–Crippen MR) is 79.8 cm³/mol. The Kier molecular flexibility index (Phi) is 3.84. The Bertz CT molecular complexity index is 798. The van der Waals surface area contributed by atoms with Crippen molar-refractivity contribution in [1.82, 2.24) is 10.1 Å². The van der Waals surface area contributed by atoms with Crippen LogP contribution in [-0.2, 0) is 6.61 Å². The van der Waals surface area contributed by atoms with Crippen LogP contribution in [0.5, 0.6) is 5.75 Å². The van der Waals surface area contributed by atoms with Gasteiger partial charge in [-0.05, 0) is 24.4 Å². The zero-order valence-corrected chi connectivity index (χ0v) is 12.4. The quantitative estimate of drug-likeness (QED) is 0.527. The van der Waals surface area contributed by atoms with E-state index < -0.39 is 4.92 Å². The summed E-state index contributed by atoms with van der Waals surface area (Å²) in [6, 6.07) is 6.57. The van der Waals surface area contributed by atoms with E-state index in [-0.39, 0.29) is 12.3 Å². The molecule has 0 radical (unpaired) electrons. The van der Waals surface area contributed by atoms with Crippen molar-refractivity contribution in [3.8, 4) is 17.1 Å². The summed E-state index contributed by atoms with van der Waals surface area (Å²) in [6.07, 6.45) is 0. The molecule has 3 rings (SSSR count). The summed E-state index contributed by atoms with van der Waals surface area (Å²) in [5, 5.41) is 18.6. The van der Waals surface area contributed by atoms with E-state index >= 15 is 0 Å². The fourth-order valence-electron chi connectivity index (χ4n) is 1.92. The average Bonchev–Trinajstić information content (AvgIpc) is 3.17. The molecule has 0 atom stereocenters. The fraction of sp³-hybridized carbons (Fsp3) is 0.143. The van der Waals surface area contributed by atoms with Gasteiger partial charge in [-0.1, -0.05) is 11.2 Å². The second kappa shape index (κ2) is 5.94. The molecule has 22 heavy (non-hydrogen) atoms. The number of thiophene rings is 1. The highest BCUT2D eigenvalue weighted by Gasteiger charge is 2.15. The van der Waals surface area contributed by atoms with Gasteiger partial charge in [0.2, 0.25) is 5.82 Å². The molecule has 0 aliphatic carbocycles. The first-order chi connectivity index (χ1) is 10.6. The van der Waals surface area contributed by atoms with Crippen molar-refractivity contribution in [3.63, 3.8) is 0 Å². The maximum atomic E-state index is 10.9. The van der Waals surface area contributed by atoms with Crippen molar-refractivity contribution >= 4 is 17.0 Å². The Morgan fingerprint density at radius 1 is 1.41 bits per heavy atom. The molecule has 0 fully saturated rings. The molecule has 0 saturated heterocycles. The highest BCUT2D eigenvalue weighted by Crippen LogP contribution is 2.27. The van der Waals surface area contributed by atoms with Gasteiger partial charge in [0.25, 0.3) is 11.6 Å². The van der Waals surface area contributed by atoms with Crippen LogP contribution in [0.15, 0.2) is 39.5 Å². The third-order valence-corrected chi connectivity index (χ3v) is 3.73. The number of hydrogen-bond donors (Lipinski definition) is 0. The third kappa shape index (κ3) is 2.82. The van der Waals surface area contributed by atoms with Crippen molar-refractivity contribution < 1.29 is 14.2 Å². The van der Waals surface area contributed by atoms with Gasteiger partial charge in [-0.15, -0.1) is 0 Å². The molecule has 0 saturated carbocycles. The van der Waals surface area contributed by atoms with Crippen LogP contribution in [0.4, 0.5) is 5.69 Å². The van der Waals surface area contributed by atoms with Crippen LogP contribution in [0, 0.1) is 17.0 Å². The maximum Gasteiger partial charge on any atom is 0.276 e. The number of nitrogens with zero attached hydrogens (tertiary/aromatic N) is 3. The molecule has 0 aliphatic heterocycles. The lowest BCUT2D eigenvalue weighted by molar-refractivity contribution is -0.385. The van der Waals surface area contributed by atoms with Gasteiger partial charge >= 0.3 is 0 Å². The summed E-state index contributed by atoms with van der Waals surface area (Å²) in [6.45, 7) is 1.69. The van der Waals surface area contributed by atoms with E-state index in [1.54, 1.807) is 30.4 Å². The molecular formula is C14H11N3O4S. The lowest BCUT2D eigenvalue weighted by Gasteiger charge is -2.06. The minimum Gasteiger partial charge on any atom is -0.483 e. The van der Waals surface area contributed by atoms with Gasteiger partial charge in [-0.3, -0.25) is 10.1 Å². The molecule has 0 unspecified atom stereocenters. The first-order valence-corrected chi connectivity index (χ1v) is 7.31. The maximum absolute atomic E-state index is 10.9. The third-order valence-electron chi connectivity index (χ3n) is 3.05. The number of hydrogen-bond acceptors (Lipinski definition) is 7. The summed E-state index contributed by atoms with van der Waals surface area (Å²) in [7, 11) is 0. The zero-order chi connectivity index (χ0) is 15.5. The molecule has 2 aromatic heterocycles. The summed E-state index contributed by atoms with van der Waals surface area (Å²) >= 11 is 1.54. The molecule has 112 valence electrons. The van der Waals surface area contributed by atoms with E-state index in [4.69, 9.17) is 9.26 Å². The second-order valence-corrected chi connectivity index (χ2v) is 5.25. The van der Waals surface area contributed by atoms with Gasteiger partial charge in [-0.25, -0.2) is 0 Å². The summed E-state index contributed by atoms with van der Waals surface area (Å²) in [5.74, 6) is 1.23. The number of nitro groups is 1. The predicted octanol–water partition coefficient (Wildman–Crippen LogP) is 3.59. The van der Waals surface area contributed by atoms with E-state index in [2.05, 4.69) is 10.1 Å². The monoisotopic (exact) mass is 317 g/mol. The molecule has 8 heteroatoms. The number of benzene rings is 1. The summed E-state index contributed by atoms with van der Waals surface area (Å²) < 4.78 is 10.7. The lowest BCUT2D eigenvalue weighted by atomic mass is 10.2. The normalized spacial score (nSPS) is 10.6. The smallest absolute Gasteiger partial charge is 0.276 e. The van der Waals surface area contributed by atoms with Crippen LogP contribution in [0.25, 0.3) is 11.4 Å². The van der Waals surface area contributed by atoms with Crippen LogP contribution in [0.2, 0.25) is 0 Å². The van der Waals surface area contributed by atoms with Gasteiger partial charge < -0.3 is 9.26 Å². The van der Waals surface area contributed by atoms with Crippen LogP contribution >= 0.6 is 11.3 Å². The molecule has 7 nitrogen and oxygen atoms in total. The van der Waals surface area contributed by atoms with Crippen molar-refractivity contribution in [2.75, 3.05) is 0 Å². The van der Waals surface area contributed by atoms with Gasteiger partial charge in [0.05, 0.1) is 10.5 Å². The molecule has 1 aromatic carbocycles. The van der Waals surface area contributed by atoms with Gasteiger partial charge in [0.15, 0.2) is 6.61 Å². The molecule has 0 bridgehead atoms. The lowest BCUT2D eigenvalue weighted by Crippen LogP contribution is -1.99. The molecule has 0 spiro atoms. The summed E-state index contributed by atoms with van der Waals surface area (Å²) in [5.41, 5.74) is 1.36. The Labute approximate surface area is 129 Å². The average molecular weight is 317 g/mol. The number of aromatic nitrogens is 2. The molecule has 2 heterocycles. The van der Waals surface area contributed by atoms with E-state index in [9.17, 15) is 10.1 Å². The Hall–Kier alpha value is -2.74. The van der Waals surface area contributed by atoms with Crippen molar-refractivity contribution in [2.45, 2.75) is 13.5 Å². The molecular weight excluding hydrogens is 306 g/mol. The van der Waals surface area contributed by atoms with Crippen LogP contribution in [-0.4, -0.2) is 15.1 Å². The number of ether oxygens (including phenoxy) is 1. The standard InChI is InChI=1S/C14H11N3O4S/c1-9-11(17(18)19)3-2-4-12(9)20-7-13-15-14(16-21-13)10-5-6-22-8-10/h2-6,8H,7H2,1H3. The van der Waals surface area contributed by atoms with Gasteiger partial charge in [0, 0.05) is 17.0 Å². The largest absolute Gasteiger partial charge is 0.483 e. The molecule has 0 N–H and O–H groups in total.